The van der Waals surface area contributed by atoms with E-state index in [-0.39, 0.29) is 15.7 Å². The normalized spacial score (nSPS) is 11.2. The Morgan fingerprint density at radius 2 is 1.54 bits per heavy atom. The summed E-state index contributed by atoms with van der Waals surface area (Å²) in [6.45, 7) is 16.5. The van der Waals surface area contributed by atoms with Crippen molar-refractivity contribution in [2.75, 3.05) is 33.0 Å². The monoisotopic (exact) mass is 380 g/mol. The van der Waals surface area contributed by atoms with Crippen LogP contribution in [0.5, 0.6) is 0 Å². The molecule has 0 unspecified atom stereocenters. The molecule has 0 spiro atoms. The van der Waals surface area contributed by atoms with Crippen LogP contribution in [0.4, 0.5) is 0 Å². The van der Waals surface area contributed by atoms with Gasteiger partial charge in [0, 0.05) is 38.5 Å². The van der Waals surface area contributed by atoms with Gasteiger partial charge in [-0.05, 0) is 40.2 Å². The van der Waals surface area contributed by atoms with Crippen molar-refractivity contribution in [3.8, 4) is 0 Å². The molecular formula is C16H36O6Si2. The molecule has 24 heavy (non-hydrogen) atoms. The molecular weight excluding hydrogens is 344 g/mol. The molecule has 8 heteroatoms. The number of carbonyl (C=O) groups is 1. The smallest absolute Gasteiger partial charge is 0.463 e. The second-order valence-electron chi connectivity index (χ2n) is 4.61. The van der Waals surface area contributed by atoms with Crippen LogP contribution in [0, 0.1) is 0 Å². The van der Waals surface area contributed by atoms with Gasteiger partial charge in [-0.25, -0.2) is 4.79 Å². The van der Waals surface area contributed by atoms with Gasteiger partial charge in [0.1, 0.15) is 0 Å². The van der Waals surface area contributed by atoms with Crippen molar-refractivity contribution in [3.63, 3.8) is 0 Å². The summed E-state index contributed by atoms with van der Waals surface area (Å²) in [6.07, 6.45) is 2.09. The summed E-state index contributed by atoms with van der Waals surface area (Å²) in [6, 6.07) is 1.92. The van der Waals surface area contributed by atoms with Crippen molar-refractivity contribution in [1.82, 2.24) is 0 Å². The third-order valence-corrected chi connectivity index (χ3v) is 7.36. The summed E-state index contributed by atoms with van der Waals surface area (Å²) in [5, 5.41) is 0. The molecule has 6 nitrogen and oxygen atoms in total. The molecule has 0 amide bonds. The van der Waals surface area contributed by atoms with Crippen LogP contribution >= 0.6 is 0 Å². The number of ether oxygens (including phenoxy) is 1. The highest BCUT2D eigenvalue weighted by Crippen LogP contribution is 2.14. The maximum Gasteiger partial charge on any atom is 0.500 e. The molecule has 0 aromatic heterocycles. The first-order valence-electron chi connectivity index (χ1n) is 8.84. The van der Waals surface area contributed by atoms with Crippen LogP contribution in [0.3, 0.4) is 0 Å². The Balaban J connectivity index is 0. The van der Waals surface area contributed by atoms with E-state index in [2.05, 4.69) is 6.58 Å². The first-order chi connectivity index (χ1) is 11.6. The van der Waals surface area contributed by atoms with Gasteiger partial charge in [-0.3, -0.25) is 0 Å². The summed E-state index contributed by atoms with van der Waals surface area (Å²) in [7, 11) is -2.63. The van der Waals surface area contributed by atoms with Gasteiger partial charge in [-0.15, -0.1) is 0 Å². The third-order valence-electron chi connectivity index (χ3n) is 2.82. The zero-order valence-electron chi connectivity index (χ0n) is 16.1. The molecule has 0 aliphatic rings. The molecule has 0 aromatic rings. The summed E-state index contributed by atoms with van der Waals surface area (Å²) < 4.78 is 26.7. The standard InChI is InChI=1S/C8H20O3Si.C8H16O3Si/c1-5-9-12(8-4,10-6-2)11-7-3;1-3-8(9)10-6-5-7-12-11-4-2/h5-8H2,1-4H3;3H,1,4-7,12H2,2H3. The average Bonchev–Trinajstić information content (AvgIpc) is 2.59. The number of esters is 1. The number of hydrogen-bond donors (Lipinski definition) is 0. The summed E-state index contributed by atoms with van der Waals surface area (Å²) in [4.78, 5) is 10.5. The highest BCUT2D eigenvalue weighted by molar-refractivity contribution is 6.60. The zero-order chi connectivity index (χ0) is 18.7. The van der Waals surface area contributed by atoms with Gasteiger partial charge in [-0.1, -0.05) is 13.5 Å². The maximum atomic E-state index is 10.5. The van der Waals surface area contributed by atoms with Crippen LogP contribution in [0.15, 0.2) is 12.7 Å². The van der Waals surface area contributed by atoms with Gasteiger partial charge < -0.3 is 22.4 Å². The lowest BCUT2D eigenvalue weighted by molar-refractivity contribution is -0.137. The minimum atomic E-state index is -2.27. The van der Waals surface area contributed by atoms with Crippen molar-refractivity contribution in [2.45, 2.75) is 53.1 Å². The molecule has 0 bridgehead atoms. The van der Waals surface area contributed by atoms with Gasteiger partial charge in [0.05, 0.1) is 6.61 Å². The Labute approximate surface area is 151 Å². The lowest BCUT2D eigenvalue weighted by atomic mass is 10.5. The fourth-order valence-corrected chi connectivity index (χ4v) is 4.86. The predicted octanol–water partition coefficient (Wildman–Crippen LogP) is 2.70. The van der Waals surface area contributed by atoms with Crippen molar-refractivity contribution in [2.24, 2.45) is 0 Å². The van der Waals surface area contributed by atoms with E-state index in [0.717, 1.165) is 25.1 Å². The second-order valence-corrected chi connectivity index (χ2v) is 9.07. The maximum absolute atomic E-state index is 10.5. The molecule has 0 radical (unpaired) electrons. The Bertz CT molecular complexity index is 285. The molecule has 0 aliphatic carbocycles. The fraction of sp³-hybridized carbons (Fsp3) is 0.812. The third kappa shape index (κ3) is 15.0. The molecule has 0 aliphatic heterocycles. The van der Waals surface area contributed by atoms with Crippen molar-refractivity contribution < 1.29 is 27.2 Å². The number of hydrogen-bond acceptors (Lipinski definition) is 6. The van der Waals surface area contributed by atoms with E-state index in [1.165, 1.54) is 6.08 Å². The quantitative estimate of drug-likeness (QED) is 0.200. The van der Waals surface area contributed by atoms with E-state index < -0.39 is 8.80 Å². The van der Waals surface area contributed by atoms with Crippen LogP contribution < -0.4 is 0 Å². The summed E-state index contributed by atoms with van der Waals surface area (Å²) in [5.74, 6) is -0.340. The largest absolute Gasteiger partial charge is 0.500 e. The van der Waals surface area contributed by atoms with Crippen LogP contribution in [0.2, 0.25) is 12.1 Å². The minimum absolute atomic E-state index is 0.340. The van der Waals surface area contributed by atoms with E-state index in [9.17, 15) is 4.79 Å². The Morgan fingerprint density at radius 3 is 1.92 bits per heavy atom. The van der Waals surface area contributed by atoms with Crippen LogP contribution in [-0.2, 0) is 27.2 Å². The van der Waals surface area contributed by atoms with E-state index >= 15 is 0 Å². The lowest BCUT2D eigenvalue weighted by Crippen LogP contribution is -2.45. The van der Waals surface area contributed by atoms with Gasteiger partial charge in [0.15, 0.2) is 9.76 Å². The Hall–Kier alpha value is -0.516. The molecule has 0 heterocycles. The van der Waals surface area contributed by atoms with E-state index in [1.807, 2.05) is 34.6 Å². The number of rotatable bonds is 14. The van der Waals surface area contributed by atoms with E-state index in [1.54, 1.807) is 0 Å². The Morgan fingerprint density at radius 1 is 1.00 bits per heavy atom. The lowest BCUT2D eigenvalue weighted by Gasteiger charge is -2.26. The van der Waals surface area contributed by atoms with Crippen molar-refractivity contribution in [1.29, 1.82) is 0 Å². The van der Waals surface area contributed by atoms with Crippen LogP contribution in [0.25, 0.3) is 0 Å². The highest BCUT2D eigenvalue weighted by Gasteiger charge is 2.37. The summed E-state index contributed by atoms with van der Waals surface area (Å²) >= 11 is 0. The molecule has 0 saturated carbocycles. The molecule has 0 atom stereocenters. The van der Waals surface area contributed by atoms with Crippen molar-refractivity contribution >= 4 is 24.5 Å². The zero-order valence-corrected chi connectivity index (χ0v) is 18.5. The van der Waals surface area contributed by atoms with E-state index in [0.29, 0.717) is 26.4 Å². The second kappa shape index (κ2) is 18.8. The number of carbonyl (C=O) groups excluding carboxylic acids is 1. The Kier molecular flexibility index (Phi) is 20.2. The SMILES string of the molecule is C=CC(=O)OCCC[SiH2]OCC.CCO[Si](CC)(OCC)OCC. The molecule has 0 N–H and O–H groups in total. The van der Waals surface area contributed by atoms with Gasteiger partial charge in [-0.2, -0.15) is 0 Å². The molecule has 144 valence electrons. The summed E-state index contributed by atoms with van der Waals surface area (Å²) in [5.41, 5.74) is 0. The molecule has 0 fully saturated rings. The van der Waals surface area contributed by atoms with Gasteiger partial charge in [0.25, 0.3) is 0 Å². The highest BCUT2D eigenvalue weighted by atomic mass is 28.4. The first-order valence-corrected chi connectivity index (χ1v) is 12.3. The minimum Gasteiger partial charge on any atom is -0.463 e. The molecule has 0 aromatic carbocycles. The van der Waals surface area contributed by atoms with E-state index in [4.69, 9.17) is 22.4 Å². The molecule has 0 saturated heterocycles. The average molecular weight is 381 g/mol. The van der Waals surface area contributed by atoms with Crippen LogP contribution in [0.1, 0.15) is 41.0 Å². The van der Waals surface area contributed by atoms with Crippen molar-refractivity contribution in [3.05, 3.63) is 12.7 Å². The topological polar surface area (TPSA) is 63.2 Å². The first kappa shape index (κ1) is 25.7. The van der Waals surface area contributed by atoms with Crippen LogP contribution in [-0.4, -0.2) is 57.6 Å². The van der Waals surface area contributed by atoms with Gasteiger partial charge >= 0.3 is 14.8 Å². The fourth-order valence-electron chi connectivity index (χ4n) is 1.77. The van der Waals surface area contributed by atoms with Gasteiger partial charge in [0.2, 0.25) is 0 Å². The predicted molar refractivity (Wildman–Crippen MR) is 102 cm³/mol. The molecule has 0 rings (SSSR count).